The van der Waals surface area contributed by atoms with Crippen molar-refractivity contribution in [2.75, 3.05) is 6.54 Å². The van der Waals surface area contributed by atoms with Crippen LogP contribution >= 0.6 is 24.0 Å². The Morgan fingerprint density at radius 3 is 2.84 bits per heavy atom. The van der Waals surface area contributed by atoms with Crippen molar-refractivity contribution in [2.45, 2.75) is 52.7 Å². The average Bonchev–Trinajstić information content (AvgIpc) is 3.02. The van der Waals surface area contributed by atoms with Gasteiger partial charge < -0.3 is 15.2 Å². The molecule has 0 fully saturated rings. The molecule has 136 valence electrons. The van der Waals surface area contributed by atoms with Gasteiger partial charge in [-0.25, -0.2) is 4.99 Å². The molecule has 0 amide bonds. The molecule has 2 N–H and O–H groups in total. The molecule has 1 aromatic carbocycles. The largest absolute Gasteiger partial charge is 0.357 e. The quantitative estimate of drug-likeness (QED) is 0.414. The van der Waals surface area contributed by atoms with E-state index in [1.807, 2.05) is 0 Å². The molecule has 0 bridgehead atoms. The summed E-state index contributed by atoms with van der Waals surface area (Å²) in [5.41, 5.74) is 2.51. The second-order valence-electron chi connectivity index (χ2n) is 6.12. The predicted octanol–water partition coefficient (Wildman–Crippen LogP) is 2.80. The van der Waals surface area contributed by atoms with Crippen LogP contribution in [0.15, 0.2) is 29.3 Å². The zero-order valence-corrected chi connectivity index (χ0v) is 17.3. The van der Waals surface area contributed by atoms with Gasteiger partial charge in [0.2, 0.25) is 0 Å². The molecule has 7 heteroatoms. The SMILES string of the molecule is CCNC(=NCc1ccccc1C)NCc1nnc2n1CCCC2.I. The Kier molecular flexibility index (Phi) is 7.67. The molecule has 0 saturated carbocycles. The van der Waals surface area contributed by atoms with Crippen LogP contribution in [0.2, 0.25) is 0 Å². The number of nitrogens with zero attached hydrogens (tertiary/aromatic N) is 4. The van der Waals surface area contributed by atoms with Gasteiger partial charge in [0, 0.05) is 19.5 Å². The van der Waals surface area contributed by atoms with Crippen LogP contribution in [0.1, 0.15) is 42.5 Å². The van der Waals surface area contributed by atoms with Crippen molar-refractivity contribution in [3.8, 4) is 0 Å². The second-order valence-corrected chi connectivity index (χ2v) is 6.12. The fraction of sp³-hybridized carbons (Fsp3) is 0.500. The first kappa shape index (κ1) is 19.7. The van der Waals surface area contributed by atoms with E-state index in [-0.39, 0.29) is 24.0 Å². The van der Waals surface area contributed by atoms with Crippen LogP contribution in [-0.2, 0) is 26.1 Å². The molecule has 3 rings (SSSR count). The average molecular weight is 454 g/mol. The Morgan fingerprint density at radius 2 is 2.04 bits per heavy atom. The van der Waals surface area contributed by atoms with Gasteiger partial charge >= 0.3 is 0 Å². The van der Waals surface area contributed by atoms with Gasteiger partial charge in [-0.15, -0.1) is 34.2 Å². The number of benzene rings is 1. The number of rotatable bonds is 5. The number of hydrogen-bond acceptors (Lipinski definition) is 3. The summed E-state index contributed by atoms with van der Waals surface area (Å²) in [5, 5.41) is 15.3. The third-order valence-corrected chi connectivity index (χ3v) is 4.36. The molecule has 0 atom stereocenters. The number of fused-ring (bicyclic) bond motifs is 1. The van der Waals surface area contributed by atoms with Gasteiger partial charge in [0.15, 0.2) is 11.8 Å². The maximum Gasteiger partial charge on any atom is 0.191 e. The van der Waals surface area contributed by atoms with Crippen molar-refractivity contribution < 1.29 is 0 Å². The van der Waals surface area contributed by atoms with Crippen LogP contribution in [0.4, 0.5) is 0 Å². The minimum Gasteiger partial charge on any atom is -0.357 e. The molecular weight excluding hydrogens is 427 g/mol. The maximum atomic E-state index is 4.69. The van der Waals surface area contributed by atoms with E-state index in [2.05, 4.69) is 63.5 Å². The Bertz CT molecular complexity index is 709. The summed E-state index contributed by atoms with van der Waals surface area (Å²) in [6.45, 7) is 7.36. The molecule has 0 radical (unpaired) electrons. The fourth-order valence-electron chi connectivity index (χ4n) is 2.96. The number of aryl methyl sites for hydroxylation is 2. The fourth-order valence-corrected chi connectivity index (χ4v) is 2.96. The molecule has 2 aromatic rings. The monoisotopic (exact) mass is 454 g/mol. The number of aromatic nitrogens is 3. The van der Waals surface area contributed by atoms with E-state index in [0.29, 0.717) is 13.1 Å². The molecule has 0 saturated heterocycles. The van der Waals surface area contributed by atoms with Crippen molar-refractivity contribution in [3.63, 3.8) is 0 Å². The third-order valence-electron chi connectivity index (χ3n) is 4.36. The topological polar surface area (TPSA) is 67.1 Å². The summed E-state index contributed by atoms with van der Waals surface area (Å²) in [6, 6.07) is 8.35. The zero-order valence-electron chi connectivity index (χ0n) is 15.0. The molecule has 1 aliphatic rings. The van der Waals surface area contributed by atoms with Gasteiger partial charge in [-0.1, -0.05) is 24.3 Å². The van der Waals surface area contributed by atoms with Gasteiger partial charge in [-0.2, -0.15) is 0 Å². The minimum atomic E-state index is 0. The normalized spacial score (nSPS) is 13.8. The Labute approximate surface area is 166 Å². The second kappa shape index (κ2) is 9.74. The van der Waals surface area contributed by atoms with E-state index in [1.165, 1.54) is 24.0 Å². The molecule has 1 aliphatic heterocycles. The van der Waals surface area contributed by atoms with Crippen molar-refractivity contribution in [3.05, 3.63) is 47.0 Å². The lowest BCUT2D eigenvalue weighted by molar-refractivity contribution is 0.504. The Balaban J connectivity index is 0.00000225. The third kappa shape index (κ3) is 5.17. The summed E-state index contributed by atoms with van der Waals surface area (Å²) in [4.78, 5) is 4.69. The smallest absolute Gasteiger partial charge is 0.191 e. The first-order chi connectivity index (χ1) is 11.8. The highest BCUT2D eigenvalue weighted by Gasteiger charge is 2.15. The van der Waals surface area contributed by atoms with Crippen LogP contribution < -0.4 is 10.6 Å². The van der Waals surface area contributed by atoms with E-state index < -0.39 is 0 Å². The van der Waals surface area contributed by atoms with Crippen LogP contribution in [0.25, 0.3) is 0 Å². The van der Waals surface area contributed by atoms with Gasteiger partial charge in [0.25, 0.3) is 0 Å². The number of aliphatic imine (C=N–C) groups is 1. The zero-order chi connectivity index (χ0) is 16.8. The maximum absolute atomic E-state index is 4.69. The van der Waals surface area contributed by atoms with Crippen LogP contribution in [-0.4, -0.2) is 27.3 Å². The summed E-state index contributed by atoms with van der Waals surface area (Å²) in [5.74, 6) is 2.92. The minimum absolute atomic E-state index is 0. The lowest BCUT2D eigenvalue weighted by Crippen LogP contribution is -2.37. The van der Waals surface area contributed by atoms with Gasteiger partial charge in [-0.05, 0) is 37.8 Å². The number of halogens is 1. The summed E-state index contributed by atoms with van der Waals surface area (Å²) >= 11 is 0. The summed E-state index contributed by atoms with van der Waals surface area (Å²) < 4.78 is 2.24. The first-order valence-corrected chi connectivity index (χ1v) is 8.75. The lowest BCUT2D eigenvalue weighted by atomic mass is 10.1. The number of nitrogens with one attached hydrogen (secondary N) is 2. The van der Waals surface area contributed by atoms with Crippen LogP contribution in [0.3, 0.4) is 0 Å². The molecule has 0 spiro atoms. The molecule has 6 nitrogen and oxygen atoms in total. The van der Waals surface area contributed by atoms with Gasteiger partial charge in [0.05, 0.1) is 13.1 Å². The highest BCUT2D eigenvalue weighted by molar-refractivity contribution is 14.0. The summed E-state index contributed by atoms with van der Waals surface area (Å²) in [6.07, 6.45) is 3.46. The molecule has 0 unspecified atom stereocenters. The number of hydrogen-bond donors (Lipinski definition) is 2. The highest BCUT2D eigenvalue weighted by atomic mass is 127. The lowest BCUT2D eigenvalue weighted by Gasteiger charge is -2.16. The number of guanidine groups is 1. The molecule has 0 aliphatic carbocycles. The van der Waals surface area contributed by atoms with E-state index in [0.717, 1.165) is 37.1 Å². The highest BCUT2D eigenvalue weighted by Crippen LogP contribution is 2.14. The Morgan fingerprint density at radius 1 is 1.20 bits per heavy atom. The van der Waals surface area contributed by atoms with Crippen molar-refractivity contribution in [2.24, 2.45) is 4.99 Å². The molecular formula is C18H27IN6. The van der Waals surface area contributed by atoms with E-state index >= 15 is 0 Å². The molecule has 25 heavy (non-hydrogen) atoms. The summed E-state index contributed by atoms with van der Waals surface area (Å²) in [7, 11) is 0. The van der Waals surface area contributed by atoms with Gasteiger partial charge in [0.1, 0.15) is 5.82 Å². The van der Waals surface area contributed by atoms with E-state index in [1.54, 1.807) is 0 Å². The predicted molar refractivity (Wildman–Crippen MR) is 111 cm³/mol. The van der Waals surface area contributed by atoms with Crippen LogP contribution in [0.5, 0.6) is 0 Å². The van der Waals surface area contributed by atoms with Gasteiger partial charge in [-0.3, -0.25) is 0 Å². The van der Waals surface area contributed by atoms with Crippen LogP contribution in [0, 0.1) is 6.92 Å². The standard InChI is InChI=1S/C18H26N6.HI/c1-3-19-18(20-12-15-9-5-4-8-14(15)2)21-13-17-23-22-16-10-6-7-11-24(16)17;/h4-5,8-9H,3,6-7,10-13H2,1-2H3,(H2,19,20,21);1H. The first-order valence-electron chi connectivity index (χ1n) is 8.75. The Hall–Kier alpha value is -1.64. The molecule has 2 heterocycles. The van der Waals surface area contributed by atoms with E-state index in [4.69, 9.17) is 4.99 Å². The van der Waals surface area contributed by atoms with Crippen molar-refractivity contribution >= 4 is 29.9 Å². The van der Waals surface area contributed by atoms with Crippen molar-refractivity contribution in [1.29, 1.82) is 0 Å². The molecule has 1 aromatic heterocycles. The van der Waals surface area contributed by atoms with Crippen molar-refractivity contribution in [1.82, 2.24) is 25.4 Å². The van der Waals surface area contributed by atoms with E-state index in [9.17, 15) is 0 Å².